The molecule has 6 nitrogen and oxygen atoms in total. The number of rotatable bonds is 4. The second-order valence-electron chi connectivity index (χ2n) is 6.80. The molecule has 0 saturated carbocycles. The SMILES string of the molecule is CCC1(CO)CCN(C(=O)c2ccc(-c3noc(C(F)(F)F)n3)cc2)CC1. The molecule has 1 saturated heterocycles. The monoisotopic (exact) mass is 383 g/mol. The van der Waals surface area contributed by atoms with Crippen LogP contribution < -0.4 is 0 Å². The van der Waals surface area contributed by atoms with Crippen LogP contribution in [0.4, 0.5) is 13.2 Å². The van der Waals surface area contributed by atoms with Crippen molar-refractivity contribution >= 4 is 5.91 Å². The van der Waals surface area contributed by atoms with Gasteiger partial charge in [0.1, 0.15) is 0 Å². The molecule has 9 heteroatoms. The number of alkyl halides is 3. The molecule has 1 aromatic carbocycles. The highest BCUT2D eigenvalue weighted by atomic mass is 19.4. The van der Waals surface area contributed by atoms with E-state index in [-0.39, 0.29) is 23.8 Å². The minimum atomic E-state index is -4.70. The minimum Gasteiger partial charge on any atom is -0.396 e. The number of benzene rings is 1. The molecular formula is C18H20F3N3O3. The highest BCUT2D eigenvalue weighted by Gasteiger charge is 2.38. The normalized spacial score (nSPS) is 17.1. The molecule has 1 aliphatic rings. The van der Waals surface area contributed by atoms with Crippen LogP contribution in [0.2, 0.25) is 0 Å². The van der Waals surface area contributed by atoms with Gasteiger partial charge in [-0.15, -0.1) is 0 Å². The van der Waals surface area contributed by atoms with Crippen LogP contribution in [-0.2, 0) is 6.18 Å². The summed E-state index contributed by atoms with van der Waals surface area (Å²) in [6.07, 6.45) is -2.34. The zero-order chi connectivity index (χ0) is 19.7. The van der Waals surface area contributed by atoms with Crippen molar-refractivity contribution in [2.45, 2.75) is 32.4 Å². The maximum atomic E-state index is 12.6. The van der Waals surface area contributed by atoms with Gasteiger partial charge in [-0.2, -0.15) is 18.2 Å². The Labute approximate surface area is 154 Å². The number of amides is 1. The van der Waals surface area contributed by atoms with Crippen LogP contribution in [0.1, 0.15) is 42.4 Å². The number of hydrogen-bond acceptors (Lipinski definition) is 5. The van der Waals surface area contributed by atoms with Crippen LogP contribution in [-0.4, -0.2) is 45.8 Å². The number of nitrogens with zero attached hydrogens (tertiary/aromatic N) is 3. The van der Waals surface area contributed by atoms with E-state index in [9.17, 15) is 23.1 Å². The van der Waals surface area contributed by atoms with Crippen molar-refractivity contribution in [3.8, 4) is 11.4 Å². The molecule has 146 valence electrons. The highest BCUT2D eigenvalue weighted by molar-refractivity contribution is 5.94. The van der Waals surface area contributed by atoms with Crippen LogP contribution in [0.15, 0.2) is 28.8 Å². The first-order valence-corrected chi connectivity index (χ1v) is 8.69. The Morgan fingerprint density at radius 2 is 1.89 bits per heavy atom. The van der Waals surface area contributed by atoms with E-state index in [0.29, 0.717) is 24.2 Å². The Kier molecular flexibility index (Phi) is 5.23. The second-order valence-corrected chi connectivity index (χ2v) is 6.80. The predicted molar refractivity (Wildman–Crippen MR) is 89.7 cm³/mol. The van der Waals surface area contributed by atoms with E-state index in [1.54, 1.807) is 4.90 Å². The lowest BCUT2D eigenvalue weighted by atomic mass is 9.77. The van der Waals surface area contributed by atoms with Gasteiger partial charge in [0, 0.05) is 30.8 Å². The van der Waals surface area contributed by atoms with Gasteiger partial charge in [0.25, 0.3) is 5.91 Å². The van der Waals surface area contributed by atoms with Crippen LogP contribution in [0.3, 0.4) is 0 Å². The first-order valence-electron chi connectivity index (χ1n) is 8.69. The molecule has 1 aromatic heterocycles. The van der Waals surface area contributed by atoms with Crippen molar-refractivity contribution in [2.24, 2.45) is 5.41 Å². The highest BCUT2D eigenvalue weighted by Crippen LogP contribution is 2.34. The molecule has 27 heavy (non-hydrogen) atoms. The van der Waals surface area contributed by atoms with Gasteiger partial charge in [-0.25, -0.2) is 0 Å². The molecule has 0 unspecified atom stereocenters. The Bertz CT molecular complexity index is 788. The van der Waals surface area contributed by atoms with Gasteiger partial charge in [-0.05, 0) is 36.8 Å². The van der Waals surface area contributed by atoms with Crippen molar-refractivity contribution in [3.05, 3.63) is 35.7 Å². The Morgan fingerprint density at radius 1 is 1.26 bits per heavy atom. The summed E-state index contributed by atoms with van der Waals surface area (Å²) in [5.41, 5.74) is 0.649. The summed E-state index contributed by atoms with van der Waals surface area (Å²) < 4.78 is 41.8. The molecule has 3 rings (SSSR count). The third-order valence-electron chi connectivity index (χ3n) is 5.26. The van der Waals surface area contributed by atoms with Crippen molar-refractivity contribution < 1.29 is 27.6 Å². The summed E-state index contributed by atoms with van der Waals surface area (Å²) in [4.78, 5) is 17.7. The van der Waals surface area contributed by atoms with Crippen LogP contribution in [0, 0.1) is 5.41 Å². The van der Waals surface area contributed by atoms with Gasteiger partial charge in [0.2, 0.25) is 5.82 Å². The van der Waals surface area contributed by atoms with Crippen molar-refractivity contribution in [1.29, 1.82) is 0 Å². The molecule has 1 N–H and O–H groups in total. The van der Waals surface area contributed by atoms with E-state index in [4.69, 9.17) is 0 Å². The number of likely N-dealkylation sites (tertiary alicyclic amines) is 1. The maximum Gasteiger partial charge on any atom is 0.471 e. The zero-order valence-electron chi connectivity index (χ0n) is 14.8. The van der Waals surface area contributed by atoms with E-state index in [0.717, 1.165) is 19.3 Å². The van der Waals surface area contributed by atoms with Crippen LogP contribution in [0.25, 0.3) is 11.4 Å². The average molecular weight is 383 g/mol. The Hall–Kier alpha value is -2.42. The van der Waals surface area contributed by atoms with Gasteiger partial charge in [-0.1, -0.05) is 24.2 Å². The molecule has 2 heterocycles. The number of halogens is 3. The number of aromatic nitrogens is 2. The lowest BCUT2D eigenvalue weighted by Crippen LogP contribution is -2.44. The maximum absolute atomic E-state index is 12.6. The molecule has 2 aromatic rings. The molecule has 1 aliphatic heterocycles. The molecule has 0 spiro atoms. The third kappa shape index (κ3) is 3.97. The van der Waals surface area contributed by atoms with Gasteiger partial charge in [-0.3, -0.25) is 4.79 Å². The van der Waals surface area contributed by atoms with Crippen molar-refractivity contribution in [3.63, 3.8) is 0 Å². The molecule has 0 atom stereocenters. The first kappa shape index (κ1) is 19.3. The fraction of sp³-hybridized carbons (Fsp3) is 0.500. The summed E-state index contributed by atoms with van der Waals surface area (Å²) >= 11 is 0. The standard InChI is InChI=1S/C18H20F3N3O3/c1-2-17(11-25)7-9-24(10-8-17)15(26)13-5-3-12(4-6-13)14-22-16(27-23-14)18(19,20)21/h3-6,25H,2,7-11H2,1H3. The molecule has 1 amide bonds. The number of aliphatic hydroxyl groups excluding tert-OH is 1. The number of carbonyl (C=O) groups is 1. The van der Waals surface area contributed by atoms with Gasteiger partial charge in [0.15, 0.2) is 0 Å². The zero-order valence-corrected chi connectivity index (χ0v) is 14.8. The van der Waals surface area contributed by atoms with E-state index in [2.05, 4.69) is 14.7 Å². The fourth-order valence-electron chi connectivity index (χ4n) is 3.21. The molecule has 0 aliphatic carbocycles. The quantitative estimate of drug-likeness (QED) is 0.876. The minimum absolute atomic E-state index is 0.116. The summed E-state index contributed by atoms with van der Waals surface area (Å²) in [5.74, 6) is -1.74. The number of hydrogen-bond donors (Lipinski definition) is 1. The molecule has 0 bridgehead atoms. The largest absolute Gasteiger partial charge is 0.471 e. The van der Waals surface area contributed by atoms with E-state index < -0.39 is 12.1 Å². The third-order valence-corrected chi connectivity index (χ3v) is 5.26. The van der Waals surface area contributed by atoms with Crippen molar-refractivity contribution in [1.82, 2.24) is 15.0 Å². The van der Waals surface area contributed by atoms with Crippen LogP contribution >= 0.6 is 0 Å². The Balaban J connectivity index is 1.69. The first-order chi connectivity index (χ1) is 12.8. The molecule has 1 fully saturated rings. The van der Waals surface area contributed by atoms with Gasteiger partial charge >= 0.3 is 12.1 Å². The summed E-state index contributed by atoms with van der Waals surface area (Å²) in [6, 6.07) is 6.06. The second kappa shape index (κ2) is 7.30. The smallest absolute Gasteiger partial charge is 0.396 e. The average Bonchev–Trinajstić information content (AvgIpc) is 3.18. The van der Waals surface area contributed by atoms with Gasteiger partial charge < -0.3 is 14.5 Å². The number of carbonyl (C=O) groups excluding carboxylic acids is 1. The summed E-state index contributed by atoms with van der Waals surface area (Å²) in [6.45, 7) is 3.28. The topological polar surface area (TPSA) is 79.5 Å². The predicted octanol–water partition coefficient (Wildman–Crippen LogP) is 3.38. The van der Waals surface area contributed by atoms with E-state index in [1.165, 1.54) is 24.3 Å². The number of piperidine rings is 1. The lowest BCUT2D eigenvalue weighted by molar-refractivity contribution is -0.159. The summed E-state index contributed by atoms with van der Waals surface area (Å²) in [7, 11) is 0. The van der Waals surface area contributed by atoms with Crippen molar-refractivity contribution in [2.75, 3.05) is 19.7 Å². The fourth-order valence-corrected chi connectivity index (χ4v) is 3.21. The van der Waals surface area contributed by atoms with Crippen LogP contribution in [0.5, 0.6) is 0 Å². The summed E-state index contributed by atoms with van der Waals surface area (Å²) in [5, 5.41) is 12.9. The van der Waals surface area contributed by atoms with Gasteiger partial charge in [0.05, 0.1) is 0 Å². The molecule has 0 radical (unpaired) electrons. The molecular weight excluding hydrogens is 363 g/mol. The lowest BCUT2D eigenvalue weighted by Gasteiger charge is -2.40. The van der Waals surface area contributed by atoms with E-state index in [1.807, 2.05) is 6.92 Å². The van der Waals surface area contributed by atoms with E-state index >= 15 is 0 Å². The Morgan fingerprint density at radius 3 is 2.37 bits per heavy atom. The number of aliphatic hydroxyl groups is 1.